The Morgan fingerprint density at radius 3 is 2.74 bits per heavy atom. The van der Waals surface area contributed by atoms with E-state index in [-0.39, 0.29) is 5.41 Å². The average Bonchev–Trinajstić information content (AvgIpc) is 3.27. The summed E-state index contributed by atoms with van der Waals surface area (Å²) in [6.07, 6.45) is 10.7. The molecule has 0 amide bonds. The zero-order chi connectivity index (χ0) is 22.1. The summed E-state index contributed by atoms with van der Waals surface area (Å²) in [4.78, 5) is 10.5. The van der Waals surface area contributed by atoms with Crippen LogP contribution in [0.3, 0.4) is 0 Å². The van der Waals surface area contributed by atoms with Crippen molar-refractivity contribution >= 4 is 0 Å². The Morgan fingerprint density at radius 1 is 1.10 bits per heavy atom. The van der Waals surface area contributed by atoms with Crippen molar-refractivity contribution in [1.29, 1.82) is 0 Å². The molecule has 0 aliphatic rings. The second kappa shape index (κ2) is 10.6. The lowest BCUT2D eigenvalue weighted by Crippen LogP contribution is -2.17. The molecule has 2 heterocycles. The Labute approximate surface area is 184 Å². The number of aromatic nitrogens is 2. The summed E-state index contributed by atoms with van der Waals surface area (Å²) >= 11 is 0. The van der Waals surface area contributed by atoms with Crippen molar-refractivity contribution in [3.63, 3.8) is 0 Å². The third-order valence-electron chi connectivity index (χ3n) is 4.33. The number of likely N-dealkylation sites (N-methyl/N-ethyl adjacent to an activating group) is 1. The summed E-state index contributed by atoms with van der Waals surface area (Å²) in [6.45, 7) is 8.43. The largest absolute Gasteiger partial charge is 0.489 e. The van der Waals surface area contributed by atoms with Crippen LogP contribution in [0.4, 0.5) is 0 Å². The summed E-state index contributed by atoms with van der Waals surface area (Å²) in [6, 6.07) is 10.2. The van der Waals surface area contributed by atoms with Crippen LogP contribution < -0.4 is 4.74 Å². The molecule has 0 N–H and O–H groups in total. The maximum Gasteiger partial charge on any atom is 0.181 e. The van der Waals surface area contributed by atoms with E-state index in [2.05, 4.69) is 72.7 Å². The predicted molar refractivity (Wildman–Crippen MR) is 123 cm³/mol. The van der Waals surface area contributed by atoms with Crippen molar-refractivity contribution < 1.29 is 9.15 Å². The van der Waals surface area contributed by atoms with Crippen LogP contribution in [0.2, 0.25) is 0 Å². The molecule has 31 heavy (non-hydrogen) atoms. The fourth-order valence-corrected chi connectivity index (χ4v) is 2.89. The lowest BCUT2D eigenvalue weighted by molar-refractivity contribution is 0.304. The summed E-state index contributed by atoms with van der Waals surface area (Å²) < 4.78 is 11.3. The van der Waals surface area contributed by atoms with Gasteiger partial charge in [0.1, 0.15) is 12.4 Å². The van der Waals surface area contributed by atoms with Gasteiger partial charge in [0.25, 0.3) is 0 Å². The van der Waals surface area contributed by atoms with Gasteiger partial charge in [-0.3, -0.25) is 9.88 Å². The van der Waals surface area contributed by atoms with Crippen molar-refractivity contribution in [2.45, 2.75) is 33.9 Å². The van der Waals surface area contributed by atoms with Gasteiger partial charge >= 0.3 is 0 Å². The highest BCUT2D eigenvalue weighted by Gasteiger charge is 2.05. The van der Waals surface area contributed by atoms with Gasteiger partial charge in [0.05, 0.1) is 6.20 Å². The highest BCUT2D eigenvalue weighted by Crippen LogP contribution is 2.20. The van der Waals surface area contributed by atoms with Crippen LogP contribution >= 0.6 is 0 Å². The normalized spacial score (nSPS) is 11.5. The first kappa shape index (κ1) is 22.3. The third kappa shape index (κ3) is 7.76. The number of nitrogens with zero attached hydrogens (tertiary/aromatic N) is 3. The van der Waals surface area contributed by atoms with E-state index in [1.807, 2.05) is 24.3 Å². The molecular formula is C26H29N3O2. The van der Waals surface area contributed by atoms with E-state index in [0.29, 0.717) is 12.4 Å². The van der Waals surface area contributed by atoms with Gasteiger partial charge in [-0.1, -0.05) is 30.0 Å². The highest BCUT2D eigenvalue weighted by molar-refractivity contribution is 5.55. The van der Waals surface area contributed by atoms with Crippen LogP contribution in [-0.2, 0) is 13.2 Å². The minimum atomic E-state index is 0.0318. The first-order valence-corrected chi connectivity index (χ1v) is 10.3. The second-order valence-corrected chi connectivity index (χ2v) is 8.50. The Morgan fingerprint density at radius 2 is 1.97 bits per heavy atom. The van der Waals surface area contributed by atoms with Crippen molar-refractivity contribution in [3.8, 4) is 28.9 Å². The lowest BCUT2D eigenvalue weighted by Gasteiger charge is -2.15. The first-order chi connectivity index (χ1) is 14.9. The lowest BCUT2D eigenvalue weighted by atomic mass is 9.98. The van der Waals surface area contributed by atoms with E-state index in [4.69, 9.17) is 9.15 Å². The number of allylic oxidation sites excluding steroid dienone is 1. The van der Waals surface area contributed by atoms with E-state index in [0.717, 1.165) is 30.0 Å². The Hall–Kier alpha value is -3.36. The molecule has 0 aliphatic heterocycles. The fourth-order valence-electron chi connectivity index (χ4n) is 2.89. The molecule has 0 bridgehead atoms. The van der Waals surface area contributed by atoms with Crippen LogP contribution in [0.1, 0.15) is 31.9 Å². The Bertz CT molecular complexity index is 1050. The maximum atomic E-state index is 5.99. The number of oxazole rings is 1. The molecule has 1 aromatic carbocycles. The molecule has 0 aliphatic carbocycles. The van der Waals surface area contributed by atoms with Gasteiger partial charge in [-0.2, -0.15) is 0 Å². The SMILES string of the molecule is CN(C/C=C/C#CC(C)(C)C)Cc1cccc(OCc2cncc(-c3cnco3)c2)c1. The monoisotopic (exact) mass is 415 g/mol. The van der Waals surface area contributed by atoms with Crippen LogP contribution in [0, 0.1) is 17.3 Å². The Balaban J connectivity index is 1.53. The van der Waals surface area contributed by atoms with Crippen molar-refractivity contribution in [2.75, 3.05) is 13.6 Å². The molecule has 0 radical (unpaired) electrons. The van der Waals surface area contributed by atoms with E-state index in [1.54, 1.807) is 18.6 Å². The number of pyridine rings is 1. The van der Waals surface area contributed by atoms with Crippen LogP contribution in [-0.4, -0.2) is 28.5 Å². The number of rotatable bonds is 8. The third-order valence-corrected chi connectivity index (χ3v) is 4.33. The van der Waals surface area contributed by atoms with E-state index in [1.165, 1.54) is 12.0 Å². The molecule has 0 fully saturated rings. The standard InChI is InChI=1S/C26H29N3O2/c1-26(2,3)11-6-5-7-12-29(4)18-21-9-8-10-24(14-21)30-19-22-13-23(16-27-15-22)25-17-28-20-31-25/h5,7-10,13-17,20H,12,18-19H2,1-4H3/b7-5+. The zero-order valence-electron chi connectivity index (χ0n) is 18.6. The number of benzene rings is 1. The molecule has 160 valence electrons. The molecule has 5 heteroatoms. The molecule has 0 spiro atoms. The van der Waals surface area contributed by atoms with E-state index >= 15 is 0 Å². The second-order valence-electron chi connectivity index (χ2n) is 8.50. The molecule has 5 nitrogen and oxygen atoms in total. The summed E-state index contributed by atoms with van der Waals surface area (Å²) in [5.74, 6) is 7.84. The molecule has 3 rings (SSSR count). The van der Waals surface area contributed by atoms with Crippen molar-refractivity contribution in [2.24, 2.45) is 5.41 Å². The van der Waals surface area contributed by atoms with E-state index < -0.39 is 0 Å². The number of hydrogen-bond acceptors (Lipinski definition) is 5. The number of ether oxygens (including phenoxy) is 1. The van der Waals surface area contributed by atoms with Crippen LogP contribution in [0.5, 0.6) is 5.75 Å². The minimum absolute atomic E-state index is 0.0318. The molecule has 0 saturated carbocycles. The zero-order valence-corrected chi connectivity index (χ0v) is 18.6. The van der Waals surface area contributed by atoms with Gasteiger partial charge in [-0.15, -0.1) is 0 Å². The van der Waals surface area contributed by atoms with Gasteiger partial charge in [-0.05, 0) is 57.7 Å². The molecule has 0 atom stereocenters. The topological polar surface area (TPSA) is 51.4 Å². The Kier molecular flexibility index (Phi) is 7.64. The molecule has 3 aromatic rings. The van der Waals surface area contributed by atoms with Gasteiger partial charge in [0.15, 0.2) is 12.2 Å². The maximum absolute atomic E-state index is 5.99. The van der Waals surface area contributed by atoms with Gasteiger partial charge < -0.3 is 9.15 Å². The molecule has 0 saturated heterocycles. The van der Waals surface area contributed by atoms with Crippen LogP contribution in [0.15, 0.2) is 71.9 Å². The molecule has 2 aromatic heterocycles. The molecular weight excluding hydrogens is 386 g/mol. The minimum Gasteiger partial charge on any atom is -0.489 e. The molecule has 0 unspecified atom stereocenters. The average molecular weight is 416 g/mol. The van der Waals surface area contributed by atoms with Crippen LogP contribution in [0.25, 0.3) is 11.3 Å². The predicted octanol–water partition coefficient (Wildman–Crippen LogP) is 5.35. The van der Waals surface area contributed by atoms with Crippen molar-refractivity contribution in [3.05, 3.63) is 78.6 Å². The van der Waals surface area contributed by atoms with Gasteiger partial charge in [-0.25, -0.2) is 4.98 Å². The summed E-state index contributed by atoms with van der Waals surface area (Å²) in [5.41, 5.74) is 3.08. The summed E-state index contributed by atoms with van der Waals surface area (Å²) in [7, 11) is 2.09. The number of hydrogen-bond donors (Lipinski definition) is 0. The quantitative estimate of drug-likeness (QED) is 0.464. The first-order valence-electron chi connectivity index (χ1n) is 10.3. The van der Waals surface area contributed by atoms with Gasteiger partial charge in [0.2, 0.25) is 0 Å². The van der Waals surface area contributed by atoms with Gasteiger partial charge in [0, 0.05) is 42.0 Å². The fraction of sp³-hybridized carbons (Fsp3) is 0.308. The van der Waals surface area contributed by atoms with Crippen molar-refractivity contribution in [1.82, 2.24) is 14.9 Å². The summed E-state index contributed by atoms with van der Waals surface area (Å²) in [5, 5.41) is 0. The highest BCUT2D eigenvalue weighted by atomic mass is 16.5. The smallest absolute Gasteiger partial charge is 0.181 e. The van der Waals surface area contributed by atoms with E-state index in [9.17, 15) is 0 Å².